The number of nitrogens with one attached hydrogen (secondary N) is 1. The number of aliphatic hydroxyl groups excluding tert-OH is 1. The molecule has 1 aliphatic heterocycles. The van der Waals surface area contributed by atoms with E-state index in [9.17, 15) is 4.79 Å². The van der Waals surface area contributed by atoms with E-state index in [-0.39, 0.29) is 18.9 Å². The molecule has 0 unspecified atom stereocenters. The van der Waals surface area contributed by atoms with E-state index >= 15 is 0 Å². The minimum atomic E-state index is -1.36. The maximum atomic E-state index is 13.9. The first kappa shape index (κ1) is 29.0. The van der Waals surface area contributed by atoms with Crippen LogP contribution in [0, 0.1) is 0 Å². The molecule has 1 aliphatic rings. The fraction of sp³-hybridized carbons (Fsp3) is 0.267. The third kappa shape index (κ3) is 6.76. The Bertz CT molecular complexity index is 1350. The highest BCUT2D eigenvalue weighted by molar-refractivity contribution is 6.35. The van der Waals surface area contributed by atoms with Crippen LogP contribution in [-0.2, 0) is 16.0 Å². The average molecular weight is 588 g/mol. The number of rotatable bonds is 12. The topological polar surface area (TPSA) is 80.2 Å². The minimum absolute atomic E-state index is 0.0587. The maximum absolute atomic E-state index is 13.9. The number of carbonyl (C=O) groups is 1. The van der Waals surface area contributed by atoms with Gasteiger partial charge in [-0.1, -0.05) is 65.1 Å². The van der Waals surface area contributed by atoms with Crippen LogP contribution in [0.25, 0.3) is 0 Å². The Morgan fingerprint density at radius 3 is 2.56 bits per heavy atom. The quantitative estimate of drug-likeness (QED) is 0.185. The lowest BCUT2D eigenvalue weighted by atomic mass is 9.84. The van der Waals surface area contributed by atoms with E-state index in [4.69, 9.17) is 54.4 Å². The molecule has 2 atom stereocenters. The van der Waals surface area contributed by atoms with Crippen molar-refractivity contribution in [1.82, 2.24) is 5.32 Å². The van der Waals surface area contributed by atoms with E-state index in [1.54, 1.807) is 36.4 Å². The summed E-state index contributed by atoms with van der Waals surface area (Å²) < 4.78 is 12.0. The van der Waals surface area contributed by atoms with Gasteiger partial charge in [-0.2, -0.15) is 0 Å². The molecule has 2 N–H and O–H groups in total. The lowest BCUT2D eigenvalue weighted by Gasteiger charge is -2.30. The van der Waals surface area contributed by atoms with Crippen molar-refractivity contribution in [3.05, 3.63) is 111 Å². The average Bonchev–Trinajstić information content (AvgIpc) is 3.31. The lowest BCUT2D eigenvalue weighted by Crippen LogP contribution is -2.48. The van der Waals surface area contributed by atoms with Crippen molar-refractivity contribution in [3.63, 3.8) is 0 Å². The van der Waals surface area contributed by atoms with Gasteiger partial charge in [-0.25, -0.2) is 4.99 Å². The highest BCUT2D eigenvalue weighted by Crippen LogP contribution is 2.45. The highest BCUT2D eigenvalue weighted by Gasteiger charge is 2.53. The monoisotopic (exact) mass is 586 g/mol. The molecule has 3 aromatic carbocycles. The van der Waals surface area contributed by atoms with Crippen molar-refractivity contribution < 1.29 is 19.4 Å². The maximum Gasteiger partial charge on any atom is 0.252 e. The van der Waals surface area contributed by atoms with Gasteiger partial charge in [-0.05, 0) is 54.4 Å². The standard InChI is InChI=1S/C30H29Cl3N2O4/c1-2-15-30(29(37)34-16-14-20-6-3-4-7-25(20)32)27(24-13-10-22(31)19-26(24)33)39-28(35-30)21-8-11-23(12-9-21)38-18-5-17-36/h2-4,6-13,19,27,36H,1,5,14-18H2,(H,34,37)/t27-,30-/m1/s1. The van der Waals surface area contributed by atoms with Crippen molar-refractivity contribution in [3.8, 4) is 5.75 Å². The van der Waals surface area contributed by atoms with Gasteiger partial charge < -0.3 is 19.9 Å². The summed E-state index contributed by atoms with van der Waals surface area (Å²) in [5.41, 5.74) is 0.842. The van der Waals surface area contributed by atoms with Crippen LogP contribution in [0.1, 0.15) is 35.6 Å². The zero-order chi connectivity index (χ0) is 27.8. The molecule has 0 saturated heterocycles. The first-order chi connectivity index (χ1) is 18.9. The van der Waals surface area contributed by atoms with Crippen LogP contribution < -0.4 is 10.1 Å². The zero-order valence-corrected chi connectivity index (χ0v) is 23.5. The van der Waals surface area contributed by atoms with Crippen LogP contribution >= 0.6 is 34.8 Å². The molecule has 0 aliphatic carbocycles. The lowest BCUT2D eigenvalue weighted by molar-refractivity contribution is -0.128. The molecule has 1 amide bonds. The van der Waals surface area contributed by atoms with E-state index in [0.717, 1.165) is 5.56 Å². The van der Waals surface area contributed by atoms with Crippen LogP contribution in [0.3, 0.4) is 0 Å². The molecule has 4 rings (SSSR count). The predicted octanol–water partition coefficient (Wildman–Crippen LogP) is 6.60. The number of nitrogens with zero attached hydrogens (tertiary/aromatic N) is 1. The molecule has 0 bridgehead atoms. The Hall–Kier alpha value is -3.03. The van der Waals surface area contributed by atoms with E-state index in [0.29, 0.717) is 63.8 Å². The molecule has 3 aromatic rings. The van der Waals surface area contributed by atoms with Crippen molar-refractivity contribution in [2.75, 3.05) is 19.8 Å². The van der Waals surface area contributed by atoms with E-state index < -0.39 is 11.6 Å². The van der Waals surface area contributed by atoms with E-state index in [2.05, 4.69) is 11.9 Å². The number of aliphatic imine (C=N–C) groups is 1. The SMILES string of the molecule is C=CC[C@@]1(C(=O)NCCc2ccccc2Cl)N=C(c2ccc(OCCCO)cc2)O[C@@H]1c1ccc(Cl)cc1Cl. The van der Waals surface area contributed by atoms with Crippen molar-refractivity contribution in [2.45, 2.75) is 30.9 Å². The Kier molecular flexibility index (Phi) is 9.92. The Labute approximate surface area is 243 Å². The van der Waals surface area contributed by atoms with Gasteiger partial charge in [-0.3, -0.25) is 4.79 Å². The molecule has 0 radical (unpaired) electrons. The summed E-state index contributed by atoms with van der Waals surface area (Å²) in [4.78, 5) is 18.8. The molecule has 9 heteroatoms. The predicted molar refractivity (Wildman–Crippen MR) is 156 cm³/mol. The molecule has 6 nitrogen and oxygen atoms in total. The molecule has 1 heterocycles. The minimum Gasteiger partial charge on any atom is -0.494 e. The summed E-state index contributed by atoms with van der Waals surface area (Å²) in [6, 6.07) is 19.8. The summed E-state index contributed by atoms with van der Waals surface area (Å²) >= 11 is 19.1. The highest BCUT2D eigenvalue weighted by atomic mass is 35.5. The van der Waals surface area contributed by atoms with Gasteiger partial charge in [0.2, 0.25) is 5.90 Å². The van der Waals surface area contributed by atoms with Gasteiger partial charge in [0, 0.05) is 52.2 Å². The Morgan fingerprint density at radius 2 is 1.87 bits per heavy atom. The van der Waals surface area contributed by atoms with Gasteiger partial charge in [0.1, 0.15) is 5.75 Å². The number of amides is 1. The summed E-state index contributed by atoms with van der Waals surface area (Å²) in [7, 11) is 0. The van der Waals surface area contributed by atoms with Crippen molar-refractivity contribution in [1.29, 1.82) is 0 Å². The number of ether oxygens (including phenoxy) is 2. The van der Waals surface area contributed by atoms with Crippen LogP contribution in [0.15, 0.2) is 84.4 Å². The van der Waals surface area contributed by atoms with Crippen LogP contribution in [0.2, 0.25) is 15.1 Å². The third-order valence-corrected chi connectivity index (χ3v) is 7.30. The van der Waals surface area contributed by atoms with Gasteiger partial charge in [0.05, 0.1) is 6.61 Å². The number of hydrogen-bond acceptors (Lipinski definition) is 5. The number of halogens is 3. The summed E-state index contributed by atoms with van der Waals surface area (Å²) in [6.07, 6.45) is 2.13. The number of carbonyl (C=O) groups excluding carboxylic acids is 1. The molecule has 204 valence electrons. The molecular formula is C30H29Cl3N2O4. The zero-order valence-electron chi connectivity index (χ0n) is 21.2. The summed E-state index contributed by atoms with van der Waals surface area (Å²) in [5, 5.41) is 13.5. The van der Waals surface area contributed by atoms with Gasteiger partial charge in [-0.15, -0.1) is 6.58 Å². The van der Waals surface area contributed by atoms with Crippen LogP contribution in [-0.4, -0.2) is 42.2 Å². The number of hydrogen-bond donors (Lipinski definition) is 2. The van der Waals surface area contributed by atoms with E-state index in [1.807, 2.05) is 36.4 Å². The molecule has 0 fully saturated rings. The first-order valence-corrected chi connectivity index (χ1v) is 13.7. The molecule has 0 aromatic heterocycles. The second-order valence-electron chi connectivity index (χ2n) is 9.05. The molecule has 0 spiro atoms. The fourth-order valence-electron chi connectivity index (χ4n) is 4.39. The summed E-state index contributed by atoms with van der Waals surface area (Å²) in [5.74, 6) is 0.637. The van der Waals surface area contributed by atoms with Gasteiger partial charge in [0.15, 0.2) is 11.6 Å². The van der Waals surface area contributed by atoms with Crippen molar-refractivity contribution >= 4 is 46.6 Å². The molecule has 39 heavy (non-hydrogen) atoms. The summed E-state index contributed by atoms with van der Waals surface area (Å²) in [6.45, 7) is 4.71. The van der Waals surface area contributed by atoms with Crippen LogP contribution in [0.4, 0.5) is 0 Å². The number of benzene rings is 3. The van der Waals surface area contributed by atoms with Gasteiger partial charge >= 0.3 is 0 Å². The molecule has 0 saturated carbocycles. The molecular weight excluding hydrogens is 559 g/mol. The second kappa shape index (κ2) is 13.4. The van der Waals surface area contributed by atoms with E-state index in [1.165, 1.54) is 0 Å². The largest absolute Gasteiger partial charge is 0.494 e. The van der Waals surface area contributed by atoms with Gasteiger partial charge in [0.25, 0.3) is 5.91 Å². The number of aliphatic hydroxyl groups is 1. The second-order valence-corrected chi connectivity index (χ2v) is 10.3. The third-order valence-electron chi connectivity index (χ3n) is 6.37. The fourth-order valence-corrected chi connectivity index (χ4v) is 5.13. The Balaban J connectivity index is 1.65. The first-order valence-electron chi connectivity index (χ1n) is 12.6. The van der Waals surface area contributed by atoms with Crippen molar-refractivity contribution in [2.24, 2.45) is 4.99 Å². The smallest absolute Gasteiger partial charge is 0.252 e. The normalized spacial score (nSPS) is 18.3. The van der Waals surface area contributed by atoms with Crippen LogP contribution in [0.5, 0.6) is 5.75 Å². The Morgan fingerprint density at radius 1 is 1.10 bits per heavy atom.